The minimum Gasteiger partial charge on any atom is -0.508 e. The highest BCUT2D eigenvalue weighted by atomic mass is 16.6. The van der Waals surface area contributed by atoms with Gasteiger partial charge in [-0.3, -0.25) is 0 Å². The summed E-state index contributed by atoms with van der Waals surface area (Å²) in [6.07, 6.45) is 3.59. The Kier molecular flexibility index (Phi) is 3.10. The van der Waals surface area contributed by atoms with Crippen molar-refractivity contribution in [2.24, 2.45) is 0 Å². The van der Waals surface area contributed by atoms with Crippen LogP contribution in [0.4, 0.5) is 5.69 Å². The summed E-state index contributed by atoms with van der Waals surface area (Å²) in [4.78, 5) is 0. The van der Waals surface area contributed by atoms with Crippen molar-refractivity contribution in [2.75, 3.05) is 25.6 Å². The molecule has 0 aromatic heterocycles. The minimum atomic E-state index is -0.152. The molecule has 114 valence electrons. The molecular weight excluding hydrogens is 270 g/mol. The molecule has 0 spiro atoms. The predicted molar refractivity (Wildman–Crippen MR) is 77.3 cm³/mol. The minimum absolute atomic E-state index is 0.152. The van der Waals surface area contributed by atoms with E-state index in [1.54, 1.807) is 6.07 Å². The zero-order valence-electron chi connectivity index (χ0n) is 12.0. The van der Waals surface area contributed by atoms with E-state index in [0.717, 1.165) is 44.6 Å². The zero-order chi connectivity index (χ0) is 14.4. The van der Waals surface area contributed by atoms with E-state index in [4.69, 9.17) is 19.9 Å². The molecule has 0 amide bonds. The number of epoxide rings is 3. The zero-order valence-corrected chi connectivity index (χ0v) is 12.0. The summed E-state index contributed by atoms with van der Waals surface area (Å²) >= 11 is 0. The second kappa shape index (κ2) is 4.87. The maximum atomic E-state index is 10.4. The van der Waals surface area contributed by atoms with Crippen LogP contribution in [0.5, 0.6) is 5.75 Å². The number of nitrogens with two attached hydrogens (primary N) is 1. The summed E-state index contributed by atoms with van der Waals surface area (Å²) in [7, 11) is 0. The van der Waals surface area contributed by atoms with E-state index < -0.39 is 0 Å². The van der Waals surface area contributed by atoms with Gasteiger partial charge in [0.25, 0.3) is 0 Å². The standard InChI is InChI=1S/C16H21NO4/c17-10-1-2-14(15(18)3-10)16(4-11-7-19-11,5-12-8-20-12)6-13-9-21-13/h1-3,11-13,18H,4-9,17H2. The first-order valence-electron chi connectivity index (χ1n) is 7.58. The van der Waals surface area contributed by atoms with Crippen molar-refractivity contribution in [3.63, 3.8) is 0 Å². The second-order valence-corrected chi connectivity index (χ2v) is 6.54. The highest BCUT2D eigenvalue weighted by molar-refractivity contribution is 5.51. The third-order valence-corrected chi connectivity index (χ3v) is 4.66. The SMILES string of the molecule is Nc1ccc(C(CC2CO2)(CC2CO2)CC2CO2)c(O)c1. The van der Waals surface area contributed by atoms with Crippen LogP contribution in [0.1, 0.15) is 24.8 Å². The van der Waals surface area contributed by atoms with E-state index in [1.807, 2.05) is 12.1 Å². The van der Waals surface area contributed by atoms with Crippen LogP contribution in [-0.4, -0.2) is 43.2 Å². The van der Waals surface area contributed by atoms with Crippen molar-refractivity contribution in [3.8, 4) is 5.75 Å². The van der Waals surface area contributed by atoms with Gasteiger partial charge in [-0.05, 0) is 25.3 Å². The molecule has 1 aromatic rings. The first-order chi connectivity index (χ1) is 10.1. The van der Waals surface area contributed by atoms with Crippen LogP contribution in [0, 0.1) is 0 Å². The number of aromatic hydroxyl groups is 1. The largest absolute Gasteiger partial charge is 0.508 e. The molecule has 21 heavy (non-hydrogen) atoms. The van der Waals surface area contributed by atoms with Crippen molar-refractivity contribution in [2.45, 2.75) is 43.0 Å². The fourth-order valence-corrected chi connectivity index (χ4v) is 3.44. The van der Waals surface area contributed by atoms with Gasteiger partial charge in [0.1, 0.15) is 5.75 Å². The highest BCUT2D eigenvalue weighted by Gasteiger charge is 2.47. The van der Waals surface area contributed by atoms with Crippen LogP contribution >= 0.6 is 0 Å². The molecular formula is C16H21NO4. The molecule has 3 heterocycles. The molecule has 0 saturated carbocycles. The highest BCUT2D eigenvalue weighted by Crippen LogP contribution is 2.48. The molecule has 3 aliphatic heterocycles. The summed E-state index contributed by atoms with van der Waals surface area (Å²) in [6, 6.07) is 5.45. The monoisotopic (exact) mass is 291 g/mol. The van der Waals surface area contributed by atoms with Crippen LogP contribution in [0.25, 0.3) is 0 Å². The quantitative estimate of drug-likeness (QED) is 0.588. The summed E-state index contributed by atoms with van der Waals surface area (Å²) in [6.45, 7) is 2.44. The lowest BCUT2D eigenvalue weighted by Crippen LogP contribution is -2.32. The summed E-state index contributed by atoms with van der Waals surface area (Å²) in [5.74, 6) is 0.275. The third kappa shape index (κ3) is 3.00. The Hall–Kier alpha value is -1.30. The van der Waals surface area contributed by atoms with Gasteiger partial charge in [0, 0.05) is 22.7 Å². The first kappa shape index (κ1) is 13.4. The van der Waals surface area contributed by atoms with Gasteiger partial charge in [0.2, 0.25) is 0 Å². The average Bonchev–Trinajstić information content (AvgIpc) is 3.25. The maximum absolute atomic E-state index is 10.4. The van der Waals surface area contributed by atoms with E-state index in [9.17, 15) is 5.11 Å². The number of benzene rings is 1. The number of nitrogen functional groups attached to an aromatic ring is 1. The molecule has 5 heteroatoms. The summed E-state index contributed by atoms with van der Waals surface area (Å²) in [5.41, 5.74) is 7.16. The Balaban J connectivity index is 1.70. The molecule has 0 radical (unpaired) electrons. The number of hydrogen-bond donors (Lipinski definition) is 2. The van der Waals surface area contributed by atoms with E-state index >= 15 is 0 Å². The molecule has 3 unspecified atom stereocenters. The molecule has 1 aromatic carbocycles. The van der Waals surface area contributed by atoms with E-state index in [0.29, 0.717) is 24.0 Å². The first-order valence-corrected chi connectivity index (χ1v) is 7.58. The number of rotatable bonds is 7. The lowest BCUT2D eigenvalue weighted by molar-refractivity contribution is 0.228. The normalized spacial score (nSPS) is 32.5. The molecule has 4 rings (SSSR count). The van der Waals surface area contributed by atoms with Crippen molar-refractivity contribution in [3.05, 3.63) is 23.8 Å². The molecule has 0 aliphatic carbocycles. The molecule has 3 saturated heterocycles. The van der Waals surface area contributed by atoms with Crippen LogP contribution in [-0.2, 0) is 19.6 Å². The van der Waals surface area contributed by atoms with Gasteiger partial charge in [-0.2, -0.15) is 0 Å². The fraction of sp³-hybridized carbons (Fsp3) is 0.625. The summed E-state index contributed by atoms with van der Waals surface area (Å²) in [5, 5.41) is 10.4. The van der Waals surface area contributed by atoms with Gasteiger partial charge in [0.15, 0.2) is 0 Å². The molecule has 3 N–H and O–H groups in total. The van der Waals surface area contributed by atoms with Crippen LogP contribution in [0.3, 0.4) is 0 Å². The van der Waals surface area contributed by atoms with Gasteiger partial charge in [0.05, 0.1) is 38.1 Å². The van der Waals surface area contributed by atoms with E-state index in [1.165, 1.54) is 0 Å². The molecule has 3 fully saturated rings. The smallest absolute Gasteiger partial charge is 0.121 e. The summed E-state index contributed by atoms with van der Waals surface area (Å²) < 4.78 is 16.4. The average molecular weight is 291 g/mol. The number of phenolic OH excluding ortho intramolecular Hbond substituents is 1. The topological polar surface area (TPSA) is 83.8 Å². The number of hydrogen-bond acceptors (Lipinski definition) is 5. The van der Waals surface area contributed by atoms with Crippen LogP contribution in [0.15, 0.2) is 18.2 Å². The van der Waals surface area contributed by atoms with Gasteiger partial charge in [-0.1, -0.05) is 6.07 Å². The number of ether oxygens (including phenoxy) is 3. The van der Waals surface area contributed by atoms with Gasteiger partial charge >= 0.3 is 0 Å². The maximum Gasteiger partial charge on any atom is 0.121 e. The molecule has 0 bridgehead atoms. The van der Waals surface area contributed by atoms with Crippen molar-refractivity contribution < 1.29 is 19.3 Å². The van der Waals surface area contributed by atoms with Gasteiger partial charge in [-0.25, -0.2) is 0 Å². The Morgan fingerprint density at radius 3 is 1.86 bits per heavy atom. The van der Waals surface area contributed by atoms with Gasteiger partial charge < -0.3 is 25.1 Å². The number of phenols is 1. The van der Waals surface area contributed by atoms with Gasteiger partial charge in [-0.15, -0.1) is 0 Å². The van der Waals surface area contributed by atoms with Crippen molar-refractivity contribution >= 4 is 5.69 Å². The lowest BCUT2D eigenvalue weighted by Gasteiger charge is -2.34. The Morgan fingerprint density at radius 1 is 1.00 bits per heavy atom. The van der Waals surface area contributed by atoms with E-state index in [-0.39, 0.29) is 11.2 Å². The Morgan fingerprint density at radius 2 is 1.48 bits per heavy atom. The van der Waals surface area contributed by atoms with Crippen molar-refractivity contribution in [1.29, 1.82) is 0 Å². The second-order valence-electron chi connectivity index (χ2n) is 6.54. The molecule has 3 atom stereocenters. The molecule has 5 nitrogen and oxygen atoms in total. The third-order valence-electron chi connectivity index (χ3n) is 4.66. The Bertz CT molecular complexity index is 499. The van der Waals surface area contributed by atoms with Crippen molar-refractivity contribution in [1.82, 2.24) is 0 Å². The lowest BCUT2D eigenvalue weighted by atomic mass is 9.69. The van der Waals surface area contributed by atoms with E-state index in [2.05, 4.69) is 0 Å². The fourth-order valence-electron chi connectivity index (χ4n) is 3.44. The predicted octanol–water partition coefficient (Wildman–Crippen LogP) is 1.58. The van der Waals surface area contributed by atoms with Crippen LogP contribution in [0.2, 0.25) is 0 Å². The van der Waals surface area contributed by atoms with Crippen LogP contribution < -0.4 is 5.73 Å². The Labute approximate surface area is 124 Å². The number of anilines is 1. The molecule has 3 aliphatic rings.